The number of unbranched alkanes of at least 4 members (excludes halogenated alkanes) is 1. The number of carbonyl (C=O) groups is 1. The summed E-state index contributed by atoms with van der Waals surface area (Å²) in [4.78, 5) is 16.7. The van der Waals surface area contributed by atoms with E-state index in [1.807, 2.05) is 63.2 Å². The second-order valence-corrected chi connectivity index (χ2v) is 10.2. The minimum atomic E-state index is -3.60. The second kappa shape index (κ2) is 12.5. The van der Waals surface area contributed by atoms with Crippen LogP contribution in [0.3, 0.4) is 0 Å². The summed E-state index contributed by atoms with van der Waals surface area (Å²) in [6.07, 6.45) is 4.62. The number of pyridine rings is 1. The van der Waals surface area contributed by atoms with E-state index in [1.54, 1.807) is 24.4 Å². The smallest absolute Gasteiger partial charge is 0.241 e. The average molecular weight is 495 g/mol. The van der Waals surface area contributed by atoms with Crippen molar-refractivity contribution in [3.8, 4) is 11.1 Å². The van der Waals surface area contributed by atoms with Crippen LogP contribution < -0.4 is 15.4 Å². The normalized spacial score (nSPS) is 12.2. The molecule has 0 saturated carbocycles. The maximum Gasteiger partial charge on any atom is 0.241 e. The average Bonchev–Trinajstić information content (AvgIpc) is 2.85. The van der Waals surface area contributed by atoms with Gasteiger partial charge in [-0.25, -0.2) is 18.1 Å². The Labute approximate surface area is 208 Å². The number of hydrogen-bond donors (Lipinski definition) is 3. The molecule has 0 aliphatic carbocycles. The highest BCUT2D eigenvalue weighted by Gasteiger charge is 2.19. The summed E-state index contributed by atoms with van der Waals surface area (Å²) in [5.74, 6) is 0.557. The molecule has 3 aromatic rings. The monoisotopic (exact) mass is 494 g/mol. The van der Waals surface area contributed by atoms with E-state index in [0.717, 1.165) is 30.4 Å². The van der Waals surface area contributed by atoms with Gasteiger partial charge in [0.2, 0.25) is 15.9 Å². The Hall–Kier alpha value is -3.23. The van der Waals surface area contributed by atoms with Gasteiger partial charge in [0.05, 0.1) is 16.6 Å². The van der Waals surface area contributed by atoms with Crippen molar-refractivity contribution < 1.29 is 13.2 Å². The van der Waals surface area contributed by atoms with E-state index in [0.29, 0.717) is 30.0 Å². The van der Waals surface area contributed by atoms with E-state index in [2.05, 4.69) is 20.3 Å². The van der Waals surface area contributed by atoms with Crippen LogP contribution in [0, 0.1) is 0 Å². The first-order valence-electron chi connectivity index (χ1n) is 12.1. The number of benzene rings is 2. The van der Waals surface area contributed by atoms with Gasteiger partial charge in [-0.05, 0) is 49.1 Å². The van der Waals surface area contributed by atoms with Crippen LogP contribution >= 0.6 is 0 Å². The highest BCUT2D eigenvalue weighted by Crippen LogP contribution is 2.30. The van der Waals surface area contributed by atoms with Crippen molar-refractivity contribution in [2.45, 2.75) is 57.4 Å². The highest BCUT2D eigenvalue weighted by atomic mass is 32.2. The molecule has 8 heteroatoms. The molecule has 0 aliphatic heterocycles. The molecule has 7 nitrogen and oxygen atoms in total. The van der Waals surface area contributed by atoms with E-state index >= 15 is 0 Å². The number of sulfonamides is 1. The topological polar surface area (TPSA) is 100 Å². The molecule has 2 aromatic carbocycles. The molecular weight excluding hydrogens is 460 g/mol. The SMILES string of the molecule is CCCCNS(=O)(=O)c1ccccc1-c1ccc(C(C)Nc2ncccc2NC(=O)CCC)cc1. The highest BCUT2D eigenvalue weighted by molar-refractivity contribution is 7.89. The molecule has 186 valence electrons. The van der Waals surface area contributed by atoms with Gasteiger partial charge in [0.25, 0.3) is 0 Å². The van der Waals surface area contributed by atoms with Gasteiger partial charge < -0.3 is 10.6 Å². The Morgan fingerprint density at radius 2 is 1.71 bits per heavy atom. The first-order valence-corrected chi connectivity index (χ1v) is 13.5. The molecule has 0 aliphatic rings. The lowest BCUT2D eigenvalue weighted by Crippen LogP contribution is -2.25. The quantitative estimate of drug-likeness (QED) is 0.279. The molecule has 1 unspecified atom stereocenters. The van der Waals surface area contributed by atoms with Gasteiger partial charge >= 0.3 is 0 Å². The van der Waals surface area contributed by atoms with Crippen LogP contribution in [-0.4, -0.2) is 25.9 Å². The molecule has 0 spiro atoms. The Balaban J connectivity index is 1.78. The van der Waals surface area contributed by atoms with Gasteiger partial charge in [-0.1, -0.05) is 62.7 Å². The van der Waals surface area contributed by atoms with Crippen molar-refractivity contribution >= 4 is 27.4 Å². The summed E-state index contributed by atoms with van der Waals surface area (Å²) < 4.78 is 28.4. The largest absolute Gasteiger partial charge is 0.362 e. The van der Waals surface area contributed by atoms with Crippen LogP contribution in [0.5, 0.6) is 0 Å². The third-order valence-electron chi connectivity index (χ3n) is 5.63. The Morgan fingerprint density at radius 3 is 2.43 bits per heavy atom. The molecular formula is C27H34N4O3S. The zero-order chi connectivity index (χ0) is 25.3. The van der Waals surface area contributed by atoms with Crippen LogP contribution in [0.25, 0.3) is 11.1 Å². The van der Waals surface area contributed by atoms with E-state index in [9.17, 15) is 13.2 Å². The van der Waals surface area contributed by atoms with Crippen LogP contribution in [-0.2, 0) is 14.8 Å². The van der Waals surface area contributed by atoms with Gasteiger partial charge in [-0.2, -0.15) is 0 Å². The summed E-state index contributed by atoms with van der Waals surface area (Å²) >= 11 is 0. The van der Waals surface area contributed by atoms with Crippen molar-refractivity contribution in [1.82, 2.24) is 9.71 Å². The maximum atomic E-state index is 12.9. The summed E-state index contributed by atoms with van der Waals surface area (Å²) in [5.41, 5.74) is 3.13. The summed E-state index contributed by atoms with van der Waals surface area (Å²) in [7, 11) is -3.60. The number of nitrogens with zero attached hydrogens (tertiary/aromatic N) is 1. The molecule has 35 heavy (non-hydrogen) atoms. The van der Waals surface area contributed by atoms with Gasteiger partial charge in [0, 0.05) is 24.7 Å². The molecule has 3 N–H and O–H groups in total. The fraction of sp³-hybridized carbons (Fsp3) is 0.333. The predicted octanol–water partition coefficient (Wildman–Crippen LogP) is 5.74. The number of amides is 1. The molecule has 0 saturated heterocycles. The molecule has 0 bridgehead atoms. The minimum absolute atomic E-state index is 0.0432. The van der Waals surface area contributed by atoms with Crippen molar-refractivity contribution in [3.05, 3.63) is 72.4 Å². The van der Waals surface area contributed by atoms with Gasteiger partial charge in [-0.15, -0.1) is 0 Å². The van der Waals surface area contributed by atoms with E-state index in [4.69, 9.17) is 0 Å². The lowest BCUT2D eigenvalue weighted by molar-refractivity contribution is -0.116. The second-order valence-electron chi connectivity index (χ2n) is 8.43. The van der Waals surface area contributed by atoms with Crippen molar-refractivity contribution in [1.29, 1.82) is 0 Å². The summed E-state index contributed by atoms with van der Waals surface area (Å²) in [5, 5.41) is 6.28. The fourth-order valence-electron chi connectivity index (χ4n) is 3.70. The summed E-state index contributed by atoms with van der Waals surface area (Å²) in [6, 6.07) is 18.4. The van der Waals surface area contributed by atoms with Crippen molar-refractivity contribution in [3.63, 3.8) is 0 Å². The van der Waals surface area contributed by atoms with E-state index < -0.39 is 10.0 Å². The van der Waals surface area contributed by atoms with Gasteiger partial charge in [0.15, 0.2) is 0 Å². The third-order valence-corrected chi connectivity index (χ3v) is 7.15. The lowest BCUT2D eigenvalue weighted by Gasteiger charge is -2.18. The molecule has 1 amide bonds. The summed E-state index contributed by atoms with van der Waals surface area (Å²) in [6.45, 7) is 6.42. The third kappa shape index (κ3) is 7.13. The Morgan fingerprint density at radius 1 is 0.971 bits per heavy atom. The first-order chi connectivity index (χ1) is 16.9. The van der Waals surface area contributed by atoms with E-state index in [-0.39, 0.29) is 16.8 Å². The molecule has 3 rings (SSSR count). The molecule has 1 aromatic heterocycles. The molecule has 1 atom stereocenters. The number of anilines is 2. The predicted molar refractivity (Wildman–Crippen MR) is 142 cm³/mol. The van der Waals surface area contributed by atoms with Crippen LogP contribution in [0.2, 0.25) is 0 Å². The number of nitrogens with one attached hydrogen (secondary N) is 3. The number of carbonyl (C=O) groups excluding carboxylic acids is 1. The van der Waals surface area contributed by atoms with Crippen molar-refractivity contribution in [2.24, 2.45) is 0 Å². The lowest BCUT2D eigenvalue weighted by atomic mass is 10.0. The van der Waals surface area contributed by atoms with Crippen LogP contribution in [0.15, 0.2) is 71.8 Å². The Kier molecular flexibility index (Phi) is 9.39. The Bertz CT molecular complexity index is 1230. The van der Waals surface area contributed by atoms with Crippen molar-refractivity contribution in [2.75, 3.05) is 17.2 Å². The fourth-order valence-corrected chi connectivity index (χ4v) is 5.00. The molecule has 0 fully saturated rings. The number of aromatic nitrogens is 1. The number of hydrogen-bond acceptors (Lipinski definition) is 5. The maximum absolute atomic E-state index is 12.9. The zero-order valence-electron chi connectivity index (χ0n) is 20.5. The molecule has 1 heterocycles. The first kappa shape index (κ1) is 26.4. The minimum Gasteiger partial charge on any atom is -0.362 e. The van der Waals surface area contributed by atoms with Gasteiger partial charge in [0.1, 0.15) is 5.82 Å². The van der Waals surface area contributed by atoms with Gasteiger partial charge in [-0.3, -0.25) is 4.79 Å². The zero-order valence-corrected chi connectivity index (χ0v) is 21.4. The van der Waals surface area contributed by atoms with Crippen LogP contribution in [0.4, 0.5) is 11.5 Å². The van der Waals surface area contributed by atoms with E-state index in [1.165, 1.54) is 0 Å². The molecule has 0 radical (unpaired) electrons. The standard InChI is InChI=1S/C27H34N4O3S/c1-4-6-19-29-35(33,34)25-13-8-7-11-23(25)22-16-14-21(15-17-22)20(3)30-27-24(12-9-18-28-27)31-26(32)10-5-2/h7-9,11-18,20,29H,4-6,10,19H2,1-3H3,(H,28,30)(H,31,32). The van der Waals surface area contributed by atoms with Crippen LogP contribution in [0.1, 0.15) is 58.1 Å². The number of rotatable bonds is 12.